The summed E-state index contributed by atoms with van der Waals surface area (Å²) in [6.45, 7) is 2.05. The second-order valence-corrected chi connectivity index (χ2v) is 5.16. The van der Waals surface area contributed by atoms with Crippen molar-refractivity contribution in [3.05, 3.63) is 38.8 Å². The van der Waals surface area contributed by atoms with Crippen LogP contribution in [0.3, 0.4) is 0 Å². The van der Waals surface area contributed by atoms with Crippen LogP contribution in [0.5, 0.6) is 0 Å². The van der Waals surface area contributed by atoms with Crippen molar-refractivity contribution in [1.82, 2.24) is 4.98 Å². The number of thiazole rings is 1. The average Bonchev–Trinajstić information content (AvgIpc) is 2.58. The van der Waals surface area contributed by atoms with E-state index in [0.29, 0.717) is 5.15 Å². The first-order valence-electron chi connectivity index (χ1n) is 4.29. The van der Waals surface area contributed by atoms with Gasteiger partial charge in [0, 0.05) is 15.5 Å². The summed E-state index contributed by atoms with van der Waals surface area (Å²) >= 11 is 10.7. The Hall–Kier alpha value is -0.580. The molecule has 15 heavy (non-hydrogen) atoms. The predicted molar refractivity (Wildman–Crippen MR) is 69.3 cm³/mol. The van der Waals surface area contributed by atoms with Crippen LogP contribution < -0.4 is 5.32 Å². The highest BCUT2D eigenvalue weighted by Gasteiger charge is 2.01. The molecule has 0 atom stereocenters. The normalized spacial score (nSPS) is 10.3. The molecule has 0 radical (unpaired) electrons. The molecule has 0 amide bonds. The summed E-state index contributed by atoms with van der Waals surface area (Å²) in [6.07, 6.45) is 0. The fourth-order valence-electron chi connectivity index (χ4n) is 1.11. The van der Waals surface area contributed by atoms with Crippen LogP contribution in [-0.4, -0.2) is 4.98 Å². The quantitative estimate of drug-likeness (QED) is 0.876. The Balaban J connectivity index is 2.21. The minimum atomic E-state index is 0.522. The largest absolute Gasteiger partial charge is 0.331 e. The molecule has 0 aliphatic heterocycles. The molecule has 1 N–H and O–H groups in total. The van der Waals surface area contributed by atoms with E-state index in [1.165, 1.54) is 16.9 Å². The van der Waals surface area contributed by atoms with E-state index >= 15 is 0 Å². The summed E-state index contributed by atoms with van der Waals surface area (Å²) in [5, 5.41) is 6.31. The smallest absolute Gasteiger partial charge is 0.188 e. The molecular formula is C10H8BrClN2S. The maximum absolute atomic E-state index is 5.73. The van der Waals surface area contributed by atoms with Crippen molar-refractivity contribution in [1.29, 1.82) is 0 Å². The first-order valence-corrected chi connectivity index (χ1v) is 6.34. The molecular weight excluding hydrogens is 296 g/mol. The van der Waals surface area contributed by atoms with Crippen molar-refractivity contribution in [2.45, 2.75) is 6.92 Å². The van der Waals surface area contributed by atoms with Crippen LogP contribution in [0.4, 0.5) is 10.8 Å². The van der Waals surface area contributed by atoms with Gasteiger partial charge >= 0.3 is 0 Å². The molecule has 1 aromatic carbocycles. The number of benzene rings is 1. The van der Waals surface area contributed by atoms with Gasteiger partial charge in [-0.15, -0.1) is 11.3 Å². The third-order valence-corrected chi connectivity index (χ3v) is 3.83. The lowest BCUT2D eigenvalue weighted by molar-refractivity contribution is 1.37. The zero-order chi connectivity index (χ0) is 10.8. The lowest BCUT2D eigenvalue weighted by atomic mass is 10.2. The van der Waals surface area contributed by atoms with Crippen LogP contribution in [0.2, 0.25) is 5.15 Å². The third-order valence-electron chi connectivity index (χ3n) is 1.90. The van der Waals surface area contributed by atoms with Gasteiger partial charge in [-0.2, -0.15) is 0 Å². The Morgan fingerprint density at radius 3 is 2.87 bits per heavy atom. The molecule has 2 nitrogen and oxygen atoms in total. The Labute approximate surface area is 105 Å². The van der Waals surface area contributed by atoms with Gasteiger partial charge in [-0.05, 0) is 24.6 Å². The first-order chi connectivity index (χ1) is 7.15. The minimum Gasteiger partial charge on any atom is -0.331 e. The number of aryl methyl sites for hydroxylation is 1. The number of hydrogen-bond donors (Lipinski definition) is 1. The zero-order valence-electron chi connectivity index (χ0n) is 7.92. The molecule has 0 saturated heterocycles. The number of nitrogens with zero attached hydrogens (tertiary/aromatic N) is 1. The second kappa shape index (κ2) is 4.51. The molecule has 2 rings (SSSR count). The van der Waals surface area contributed by atoms with Gasteiger partial charge < -0.3 is 5.32 Å². The molecule has 5 heteroatoms. The van der Waals surface area contributed by atoms with Gasteiger partial charge in [0.2, 0.25) is 0 Å². The van der Waals surface area contributed by atoms with Gasteiger partial charge in [0.15, 0.2) is 5.13 Å². The Bertz CT molecular complexity index is 484. The molecule has 0 bridgehead atoms. The number of anilines is 2. The standard InChI is InChI=1S/C10H8BrClN2S/c1-6-2-3-7(4-8(6)11)13-10-14-9(12)5-15-10/h2-5H,1H3,(H,13,14). The summed E-state index contributed by atoms with van der Waals surface area (Å²) in [4.78, 5) is 4.12. The van der Waals surface area contributed by atoms with Crippen molar-refractivity contribution in [3.63, 3.8) is 0 Å². The van der Waals surface area contributed by atoms with Gasteiger partial charge in [0.05, 0.1) is 0 Å². The van der Waals surface area contributed by atoms with Gasteiger partial charge in [0.25, 0.3) is 0 Å². The third kappa shape index (κ3) is 2.71. The van der Waals surface area contributed by atoms with Crippen molar-refractivity contribution in [2.75, 3.05) is 5.32 Å². The summed E-state index contributed by atoms with van der Waals surface area (Å²) in [6, 6.07) is 6.07. The molecule has 2 aromatic rings. The van der Waals surface area contributed by atoms with Crippen molar-refractivity contribution in [2.24, 2.45) is 0 Å². The van der Waals surface area contributed by atoms with Gasteiger partial charge in [-0.25, -0.2) is 4.98 Å². The highest BCUT2D eigenvalue weighted by Crippen LogP contribution is 2.26. The first kappa shape index (κ1) is 10.9. The van der Waals surface area contributed by atoms with Gasteiger partial charge in [-0.3, -0.25) is 0 Å². The molecule has 0 fully saturated rings. The number of hydrogen-bond acceptors (Lipinski definition) is 3. The Kier molecular flexibility index (Phi) is 3.29. The van der Waals surface area contributed by atoms with Crippen LogP contribution in [0.25, 0.3) is 0 Å². The van der Waals surface area contributed by atoms with E-state index in [2.05, 4.69) is 26.2 Å². The zero-order valence-corrected chi connectivity index (χ0v) is 11.1. The van der Waals surface area contributed by atoms with Crippen molar-refractivity contribution < 1.29 is 0 Å². The molecule has 0 unspecified atom stereocenters. The fourth-order valence-corrected chi connectivity index (χ4v) is 2.34. The summed E-state index contributed by atoms with van der Waals surface area (Å²) < 4.78 is 1.08. The molecule has 1 heterocycles. The van der Waals surface area contributed by atoms with E-state index in [1.807, 2.05) is 25.1 Å². The van der Waals surface area contributed by atoms with Gasteiger partial charge in [-0.1, -0.05) is 33.6 Å². The van der Waals surface area contributed by atoms with Crippen molar-refractivity contribution >= 4 is 49.7 Å². The highest BCUT2D eigenvalue weighted by molar-refractivity contribution is 9.10. The number of halogens is 2. The van der Waals surface area contributed by atoms with Crippen LogP contribution in [0.15, 0.2) is 28.1 Å². The van der Waals surface area contributed by atoms with E-state index in [4.69, 9.17) is 11.6 Å². The average molecular weight is 304 g/mol. The summed E-state index contributed by atoms with van der Waals surface area (Å²) in [5.41, 5.74) is 2.20. The number of rotatable bonds is 2. The van der Waals surface area contributed by atoms with E-state index in [1.54, 1.807) is 5.38 Å². The van der Waals surface area contributed by atoms with Crippen LogP contribution in [-0.2, 0) is 0 Å². The van der Waals surface area contributed by atoms with Crippen LogP contribution in [0.1, 0.15) is 5.56 Å². The van der Waals surface area contributed by atoms with Gasteiger partial charge in [0.1, 0.15) is 5.15 Å². The van der Waals surface area contributed by atoms with E-state index in [-0.39, 0.29) is 0 Å². The summed E-state index contributed by atoms with van der Waals surface area (Å²) in [7, 11) is 0. The van der Waals surface area contributed by atoms with Crippen LogP contribution >= 0.6 is 38.9 Å². The minimum absolute atomic E-state index is 0.522. The van der Waals surface area contributed by atoms with E-state index < -0.39 is 0 Å². The van der Waals surface area contributed by atoms with Crippen LogP contribution in [0, 0.1) is 6.92 Å². The molecule has 0 aliphatic carbocycles. The Morgan fingerprint density at radius 1 is 1.47 bits per heavy atom. The van der Waals surface area contributed by atoms with E-state index in [9.17, 15) is 0 Å². The highest BCUT2D eigenvalue weighted by atomic mass is 79.9. The predicted octanol–water partition coefficient (Wildman–Crippen LogP) is 4.61. The molecule has 0 saturated carbocycles. The molecule has 78 valence electrons. The lowest BCUT2D eigenvalue weighted by Crippen LogP contribution is -1.89. The number of aromatic nitrogens is 1. The molecule has 0 spiro atoms. The maximum atomic E-state index is 5.73. The molecule has 1 aromatic heterocycles. The monoisotopic (exact) mass is 302 g/mol. The second-order valence-electron chi connectivity index (χ2n) is 3.06. The summed E-state index contributed by atoms with van der Waals surface area (Å²) in [5.74, 6) is 0. The van der Waals surface area contributed by atoms with Crippen molar-refractivity contribution in [3.8, 4) is 0 Å². The maximum Gasteiger partial charge on any atom is 0.188 e. The molecule has 0 aliphatic rings. The topological polar surface area (TPSA) is 24.9 Å². The number of nitrogens with one attached hydrogen (secondary N) is 1. The SMILES string of the molecule is Cc1ccc(Nc2nc(Cl)cs2)cc1Br. The lowest BCUT2D eigenvalue weighted by Gasteiger charge is -2.04. The Morgan fingerprint density at radius 2 is 2.27 bits per heavy atom. The fraction of sp³-hybridized carbons (Fsp3) is 0.100. The van der Waals surface area contributed by atoms with E-state index in [0.717, 1.165) is 15.3 Å².